The average Bonchev–Trinajstić information content (AvgIpc) is 3.11. The van der Waals surface area contributed by atoms with Crippen molar-refractivity contribution < 1.29 is 18.0 Å². The highest BCUT2D eigenvalue weighted by Gasteiger charge is 2.58. The van der Waals surface area contributed by atoms with Gasteiger partial charge in [-0.2, -0.15) is 5.10 Å². The number of alkyl halides is 2. The van der Waals surface area contributed by atoms with Crippen molar-refractivity contribution in [3.8, 4) is 11.6 Å². The molecule has 1 aliphatic heterocycles. The van der Waals surface area contributed by atoms with Crippen LogP contribution in [0.25, 0.3) is 11.6 Å². The molecular weight excluding hydrogens is 382 g/mol. The molecule has 1 atom stereocenters. The van der Waals surface area contributed by atoms with E-state index in [1.54, 1.807) is 17.9 Å². The average molecular weight is 406 g/mol. The highest BCUT2D eigenvalue weighted by molar-refractivity contribution is 5.90. The number of carbonyl (C=O) groups excluding carboxylic acids is 1. The van der Waals surface area contributed by atoms with E-state index in [-0.39, 0.29) is 36.6 Å². The van der Waals surface area contributed by atoms with Gasteiger partial charge in [0.1, 0.15) is 5.41 Å². The van der Waals surface area contributed by atoms with Crippen molar-refractivity contribution in [1.29, 1.82) is 0 Å². The van der Waals surface area contributed by atoms with E-state index in [4.69, 9.17) is 4.42 Å². The number of rotatable bonds is 5. The van der Waals surface area contributed by atoms with E-state index in [2.05, 4.69) is 25.9 Å². The summed E-state index contributed by atoms with van der Waals surface area (Å²) in [5.74, 6) is -1.79. The van der Waals surface area contributed by atoms with Crippen LogP contribution in [-0.4, -0.2) is 44.4 Å². The number of aryl methyl sites for hydroxylation is 1. The number of nitrogens with one attached hydrogen (secondary N) is 2. The third-order valence-electron chi connectivity index (χ3n) is 6.40. The fourth-order valence-electron chi connectivity index (χ4n) is 4.64. The van der Waals surface area contributed by atoms with Gasteiger partial charge in [-0.05, 0) is 38.0 Å². The number of carbonyl (C=O) groups is 1. The van der Waals surface area contributed by atoms with Crippen molar-refractivity contribution in [3.63, 3.8) is 0 Å². The van der Waals surface area contributed by atoms with E-state index in [0.29, 0.717) is 43.1 Å². The molecule has 8 nitrogen and oxygen atoms in total. The summed E-state index contributed by atoms with van der Waals surface area (Å²) < 4.78 is 34.5. The van der Waals surface area contributed by atoms with Crippen LogP contribution < -0.4 is 10.6 Å². The summed E-state index contributed by atoms with van der Waals surface area (Å²) in [6, 6.07) is -0.0571. The zero-order valence-corrected chi connectivity index (χ0v) is 16.3. The Morgan fingerprint density at radius 3 is 2.62 bits per heavy atom. The van der Waals surface area contributed by atoms with Gasteiger partial charge in [0.15, 0.2) is 5.69 Å². The van der Waals surface area contributed by atoms with Crippen molar-refractivity contribution in [2.45, 2.75) is 62.3 Å². The molecule has 5 rings (SSSR count). The monoisotopic (exact) mass is 406 g/mol. The quantitative estimate of drug-likeness (QED) is 0.792. The standard InChI is InChI=1S/C19H24F2N6O2/c1-27-10-13(23-12-4-6-18(20,21)7-5-12)14(26-27)15-24-25-17(29-15)19(11-2-3-11)8-9-22-16(19)28/h10-12,23H,2-9H2,1H3,(H,22,28)/t19-/m1/s1. The first kappa shape index (κ1) is 18.5. The fraction of sp³-hybridized carbons (Fsp3) is 0.684. The maximum Gasteiger partial charge on any atom is 0.270 e. The first-order valence-electron chi connectivity index (χ1n) is 10.2. The summed E-state index contributed by atoms with van der Waals surface area (Å²) in [5, 5.41) is 19.0. The second-order valence-electron chi connectivity index (χ2n) is 8.50. The van der Waals surface area contributed by atoms with Gasteiger partial charge < -0.3 is 15.1 Å². The first-order chi connectivity index (χ1) is 13.9. The zero-order valence-electron chi connectivity index (χ0n) is 16.3. The van der Waals surface area contributed by atoms with E-state index >= 15 is 0 Å². The van der Waals surface area contributed by atoms with Gasteiger partial charge in [0.05, 0.1) is 5.69 Å². The van der Waals surface area contributed by atoms with Crippen LogP contribution in [0.4, 0.5) is 14.5 Å². The fourth-order valence-corrected chi connectivity index (χ4v) is 4.64. The Morgan fingerprint density at radius 1 is 1.21 bits per heavy atom. The van der Waals surface area contributed by atoms with Crippen LogP contribution >= 0.6 is 0 Å². The lowest BCUT2D eigenvalue weighted by atomic mass is 9.81. The van der Waals surface area contributed by atoms with E-state index in [9.17, 15) is 13.6 Å². The number of halogens is 2. The molecule has 2 aromatic rings. The Labute approximate surface area is 166 Å². The van der Waals surface area contributed by atoms with Crippen LogP contribution in [0.5, 0.6) is 0 Å². The van der Waals surface area contributed by atoms with Crippen molar-refractivity contribution in [2.75, 3.05) is 11.9 Å². The minimum Gasteiger partial charge on any atom is -0.418 e. The minimum atomic E-state index is -2.57. The number of nitrogens with zero attached hydrogens (tertiary/aromatic N) is 4. The zero-order chi connectivity index (χ0) is 20.2. The molecule has 1 amide bonds. The van der Waals surface area contributed by atoms with Gasteiger partial charge in [0.2, 0.25) is 17.7 Å². The van der Waals surface area contributed by atoms with Crippen LogP contribution in [-0.2, 0) is 17.3 Å². The highest BCUT2D eigenvalue weighted by Crippen LogP contribution is 2.51. The second-order valence-corrected chi connectivity index (χ2v) is 8.50. The summed E-state index contributed by atoms with van der Waals surface area (Å²) >= 11 is 0. The molecule has 0 aromatic carbocycles. The molecule has 3 aliphatic rings. The number of amides is 1. The van der Waals surface area contributed by atoms with E-state index in [0.717, 1.165) is 12.8 Å². The van der Waals surface area contributed by atoms with Gasteiger partial charge in [-0.15, -0.1) is 10.2 Å². The molecule has 1 saturated heterocycles. The molecule has 0 spiro atoms. The smallest absolute Gasteiger partial charge is 0.270 e. The summed E-state index contributed by atoms with van der Waals surface area (Å²) in [5.41, 5.74) is 0.421. The maximum absolute atomic E-state index is 13.4. The van der Waals surface area contributed by atoms with Gasteiger partial charge in [-0.25, -0.2) is 8.78 Å². The molecule has 0 bridgehead atoms. The predicted molar refractivity (Wildman–Crippen MR) is 99.4 cm³/mol. The van der Waals surface area contributed by atoms with Crippen LogP contribution in [0.3, 0.4) is 0 Å². The molecule has 3 heterocycles. The van der Waals surface area contributed by atoms with Gasteiger partial charge in [0, 0.05) is 38.7 Å². The molecule has 10 heteroatoms. The van der Waals surface area contributed by atoms with Crippen molar-refractivity contribution in [1.82, 2.24) is 25.3 Å². The minimum absolute atomic E-state index is 0.0438. The number of hydrogen-bond donors (Lipinski definition) is 2. The Hall–Kier alpha value is -2.52. The summed E-state index contributed by atoms with van der Waals surface area (Å²) in [7, 11) is 1.77. The molecule has 2 N–H and O–H groups in total. The van der Waals surface area contributed by atoms with Crippen LogP contribution in [0.15, 0.2) is 10.6 Å². The van der Waals surface area contributed by atoms with Gasteiger partial charge in [0.25, 0.3) is 5.89 Å². The SMILES string of the molecule is Cn1cc(NC2CCC(F)(F)CC2)c(-c2nnc([C@@]3(C4CC4)CCNC3=O)o2)n1. The van der Waals surface area contributed by atoms with E-state index < -0.39 is 11.3 Å². The molecule has 2 aromatic heterocycles. The lowest BCUT2D eigenvalue weighted by molar-refractivity contribution is -0.125. The number of hydrogen-bond acceptors (Lipinski definition) is 6. The highest BCUT2D eigenvalue weighted by atomic mass is 19.3. The van der Waals surface area contributed by atoms with Crippen LogP contribution in [0.1, 0.15) is 50.8 Å². The lowest BCUT2D eigenvalue weighted by Crippen LogP contribution is -2.38. The van der Waals surface area contributed by atoms with Crippen molar-refractivity contribution in [3.05, 3.63) is 12.1 Å². The Bertz CT molecular complexity index is 927. The largest absolute Gasteiger partial charge is 0.418 e. The molecule has 3 fully saturated rings. The van der Waals surface area contributed by atoms with Gasteiger partial charge >= 0.3 is 0 Å². The summed E-state index contributed by atoms with van der Waals surface area (Å²) in [4.78, 5) is 12.6. The van der Waals surface area contributed by atoms with Gasteiger partial charge in [-0.3, -0.25) is 9.48 Å². The van der Waals surface area contributed by atoms with E-state index in [1.807, 2.05) is 0 Å². The molecule has 0 unspecified atom stereocenters. The molecule has 2 saturated carbocycles. The van der Waals surface area contributed by atoms with Crippen molar-refractivity contribution >= 4 is 11.6 Å². The third-order valence-corrected chi connectivity index (χ3v) is 6.40. The predicted octanol–water partition coefficient (Wildman–Crippen LogP) is 2.63. The lowest BCUT2D eigenvalue weighted by Gasteiger charge is -2.29. The summed E-state index contributed by atoms with van der Waals surface area (Å²) in [6.45, 7) is 0.607. The third kappa shape index (κ3) is 3.18. The Kier molecular flexibility index (Phi) is 4.15. The normalized spacial score (nSPS) is 27.2. The topological polar surface area (TPSA) is 97.9 Å². The van der Waals surface area contributed by atoms with E-state index in [1.165, 1.54) is 0 Å². The summed E-state index contributed by atoms with van der Waals surface area (Å²) in [6.07, 6.45) is 4.94. The molecule has 0 radical (unpaired) electrons. The first-order valence-corrected chi connectivity index (χ1v) is 10.2. The Balaban J connectivity index is 1.41. The number of anilines is 1. The molecular formula is C19H24F2N6O2. The van der Waals surface area contributed by atoms with Gasteiger partial charge in [-0.1, -0.05) is 0 Å². The molecule has 156 valence electrons. The molecule has 2 aliphatic carbocycles. The number of aromatic nitrogens is 4. The van der Waals surface area contributed by atoms with Crippen LogP contribution in [0, 0.1) is 5.92 Å². The maximum atomic E-state index is 13.4. The Morgan fingerprint density at radius 2 is 1.97 bits per heavy atom. The molecule has 29 heavy (non-hydrogen) atoms. The van der Waals surface area contributed by atoms with Crippen molar-refractivity contribution in [2.24, 2.45) is 13.0 Å². The van der Waals surface area contributed by atoms with Crippen LogP contribution in [0.2, 0.25) is 0 Å². The second kappa shape index (κ2) is 6.50.